The van der Waals surface area contributed by atoms with E-state index in [2.05, 4.69) is 63.6 Å². The third-order valence-electron chi connectivity index (χ3n) is 7.18. The van der Waals surface area contributed by atoms with E-state index in [1.807, 2.05) is 35.0 Å². The topological polar surface area (TPSA) is 79.7 Å². The third kappa shape index (κ3) is 4.53. The second-order valence-corrected chi connectivity index (χ2v) is 9.37. The maximum atomic E-state index is 13.4. The zero-order chi connectivity index (χ0) is 23.5. The summed E-state index contributed by atoms with van der Waals surface area (Å²) in [5.41, 5.74) is 3.83. The summed E-state index contributed by atoms with van der Waals surface area (Å²) < 4.78 is 1.84. The lowest BCUT2D eigenvalue weighted by molar-refractivity contribution is 0.149. The van der Waals surface area contributed by atoms with Gasteiger partial charge < -0.3 is 4.98 Å². The lowest BCUT2D eigenvalue weighted by atomic mass is 9.92. The molecule has 0 bridgehead atoms. The molecule has 4 aromatic rings. The number of aromatic amines is 1. The minimum absolute atomic E-state index is 0.0846. The van der Waals surface area contributed by atoms with Crippen molar-refractivity contribution in [3.8, 4) is 0 Å². The van der Waals surface area contributed by atoms with E-state index in [0.29, 0.717) is 24.0 Å². The number of H-pyrrole nitrogens is 1. The number of tetrazole rings is 1. The first kappa shape index (κ1) is 22.5. The Balaban J connectivity index is 1.62. The standard InChI is InChI=1S/C27H32N6O/c1-3-19-14-15-24-21(16-19)17-23(27(34)28-24)25(32(2)22-12-8-5-9-13-22)26-29-30-31-33(26)18-20-10-6-4-7-11-20/h4,6-7,10-11,14-17,22,25H,3,5,8-9,12-13,18H2,1-2H3,(H,28,34). The van der Waals surface area contributed by atoms with Gasteiger partial charge in [0.2, 0.25) is 0 Å². The fraction of sp³-hybridized carbons (Fsp3) is 0.407. The Labute approximate surface area is 199 Å². The molecule has 2 aromatic heterocycles. The first-order valence-corrected chi connectivity index (χ1v) is 12.3. The van der Waals surface area contributed by atoms with E-state index in [-0.39, 0.29) is 11.6 Å². The lowest BCUT2D eigenvalue weighted by Crippen LogP contribution is -2.40. The number of benzene rings is 2. The van der Waals surface area contributed by atoms with E-state index in [1.165, 1.54) is 24.8 Å². The van der Waals surface area contributed by atoms with Gasteiger partial charge in [0, 0.05) is 17.1 Å². The molecule has 0 radical (unpaired) electrons. The van der Waals surface area contributed by atoms with Crippen molar-refractivity contribution in [1.82, 2.24) is 30.1 Å². The van der Waals surface area contributed by atoms with Crippen LogP contribution in [0.4, 0.5) is 0 Å². The second-order valence-electron chi connectivity index (χ2n) is 9.37. The van der Waals surface area contributed by atoms with Crippen molar-refractivity contribution in [3.63, 3.8) is 0 Å². The van der Waals surface area contributed by atoms with Gasteiger partial charge >= 0.3 is 0 Å². The van der Waals surface area contributed by atoms with Crippen LogP contribution in [0.15, 0.2) is 59.4 Å². The molecule has 34 heavy (non-hydrogen) atoms. The Bertz CT molecular complexity index is 1310. The smallest absolute Gasteiger partial charge is 0.253 e. The molecule has 176 valence electrons. The normalized spacial score (nSPS) is 15.7. The third-order valence-corrected chi connectivity index (χ3v) is 7.18. The van der Waals surface area contributed by atoms with Gasteiger partial charge in [-0.3, -0.25) is 9.69 Å². The first-order valence-electron chi connectivity index (χ1n) is 12.3. The summed E-state index contributed by atoms with van der Waals surface area (Å²) >= 11 is 0. The molecular weight excluding hydrogens is 424 g/mol. The van der Waals surface area contributed by atoms with Crippen LogP contribution in [0, 0.1) is 0 Å². The SMILES string of the molecule is CCc1ccc2[nH]c(=O)c(C(c3nnnn3Cc3ccccc3)N(C)C3CCCCC3)cc2c1. The predicted octanol–water partition coefficient (Wildman–Crippen LogP) is 4.48. The molecule has 1 aliphatic carbocycles. The Morgan fingerprint density at radius 3 is 2.62 bits per heavy atom. The van der Waals surface area contributed by atoms with E-state index in [4.69, 9.17) is 0 Å². The molecular formula is C27H32N6O. The summed E-state index contributed by atoms with van der Waals surface area (Å²) in [4.78, 5) is 18.9. The van der Waals surface area contributed by atoms with E-state index < -0.39 is 0 Å². The maximum absolute atomic E-state index is 13.4. The van der Waals surface area contributed by atoms with Crippen LogP contribution in [-0.2, 0) is 13.0 Å². The fourth-order valence-electron chi connectivity index (χ4n) is 5.21. The monoisotopic (exact) mass is 456 g/mol. The number of fused-ring (bicyclic) bond motifs is 1. The fourth-order valence-corrected chi connectivity index (χ4v) is 5.21. The first-order chi connectivity index (χ1) is 16.6. The van der Waals surface area contributed by atoms with Gasteiger partial charge in [-0.05, 0) is 71.4 Å². The largest absolute Gasteiger partial charge is 0.322 e. The van der Waals surface area contributed by atoms with Crippen LogP contribution in [0.25, 0.3) is 10.9 Å². The average Bonchev–Trinajstić information content (AvgIpc) is 3.32. The quantitative estimate of drug-likeness (QED) is 0.444. The molecule has 0 amide bonds. The van der Waals surface area contributed by atoms with Crippen molar-refractivity contribution in [2.45, 2.75) is 64.1 Å². The number of hydrogen-bond donors (Lipinski definition) is 1. The summed E-state index contributed by atoms with van der Waals surface area (Å²) in [7, 11) is 2.12. The highest BCUT2D eigenvalue weighted by Crippen LogP contribution is 2.32. The molecule has 1 atom stereocenters. The summed E-state index contributed by atoms with van der Waals surface area (Å²) in [6, 6.07) is 18.5. The molecule has 5 rings (SSSR count). The highest BCUT2D eigenvalue weighted by atomic mass is 16.1. The van der Waals surface area contributed by atoms with Gasteiger partial charge in [0.25, 0.3) is 5.56 Å². The molecule has 0 spiro atoms. The van der Waals surface area contributed by atoms with Crippen molar-refractivity contribution in [1.29, 1.82) is 0 Å². The van der Waals surface area contributed by atoms with E-state index in [1.54, 1.807) is 0 Å². The minimum atomic E-state index is -0.333. The average molecular weight is 457 g/mol. The van der Waals surface area contributed by atoms with Crippen LogP contribution < -0.4 is 5.56 Å². The number of aromatic nitrogens is 5. The summed E-state index contributed by atoms with van der Waals surface area (Å²) in [6.07, 6.45) is 6.90. The van der Waals surface area contributed by atoms with Crippen LogP contribution in [0.2, 0.25) is 0 Å². The van der Waals surface area contributed by atoms with Crippen LogP contribution >= 0.6 is 0 Å². The predicted molar refractivity (Wildman–Crippen MR) is 134 cm³/mol. The van der Waals surface area contributed by atoms with Crippen molar-refractivity contribution in [2.24, 2.45) is 0 Å². The van der Waals surface area contributed by atoms with Crippen LogP contribution in [0.5, 0.6) is 0 Å². The molecule has 1 fully saturated rings. The molecule has 7 nitrogen and oxygen atoms in total. The Kier molecular flexibility index (Phi) is 6.54. The van der Waals surface area contributed by atoms with Crippen LogP contribution in [-0.4, -0.2) is 43.2 Å². The van der Waals surface area contributed by atoms with Gasteiger partial charge in [-0.15, -0.1) is 5.10 Å². The Hall–Kier alpha value is -3.32. The van der Waals surface area contributed by atoms with Crippen LogP contribution in [0.3, 0.4) is 0 Å². The van der Waals surface area contributed by atoms with Gasteiger partial charge in [0.05, 0.1) is 6.54 Å². The summed E-state index contributed by atoms with van der Waals surface area (Å²) in [5.74, 6) is 0.702. The molecule has 1 aliphatic rings. The summed E-state index contributed by atoms with van der Waals surface area (Å²) in [6.45, 7) is 2.70. The molecule has 1 unspecified atom stereocenters. The van der Waals surface area contributed by atoms with E-state index in [0.717, 1.165) is 35.7 Å². The minimum Gasteiger partial charge on any atom is -0.322 e. The van der Waals surface area contributed by atoms with Gasteiger partial charge in [0.1, 0.15) is 6.04 Å². The number of nitrogens with zero attached hydrogens (tertiary/aromatic N) is 5. The van der Waals surface area contributed by atoms with Crippen molar-refractivity contribution < 1.29 is 0 Å². The zero-order valence-corrected chi connectivity index (χ0v) is 19.9. The lowest BCUT2D eigenvalue weighted by Gasteiger charge is -2.36. The highest BCUT2D eigenvalue weighted by molar-refractivity contribution is 5.80. The van der Waals surface area contributed by atoms with Gasteiger partial charge in [-0.25, -0.2) is 4.68 Å². The molecule has 0 aliphatic heterocycles. The van der Waals surface area contributed by atoms with Crippen molar-refractivity contribution in [3.05, 3.63) is 87.5 Å². The highest BCUT2D eigenvalue weighted by Gasteiger charge is 2.33. The van der Waals surface area contributed by atoms with Gasteiger partial charge in [-0.2, -0.15) is 0 Å². The van der Waals surface area contributed by atoms with E-state index in [9.17, 15) is 4.79 Å². The summed E-state index contributed by atoms with van der Waals surface area (Å²) in [5, 5.41) is 13.9. The zero-order valence-electron chi connectivity index (χ0n) is 19.9. The Morgan fingerprint density at radius 1 is 1.06 bits per heavy atom. The number of hydrogen-bond acceptors (Lipinski definition) is 5. The molecule has 0 saturated heterocycles. The number of aryl methyl sites for hydroxylation is 1. The second kappa shape index (κ2) is 9.89. The molecule has 1 N–H and O–H groups in total. The molecule has 1 saturated carbocycles. The van der Waals surface area contributed by atoms with Gasteiger partial charge in [0.15, 0.2) is 5.82 Å². The Morgan fingerprint density at radius 2 is 1.85 bits per heavy atom. The number of nitrogens with one attached hydrogen (secondary N) is 1. The number of pyridine rings is 1. The van der Waals surface area contributed by atoms with Gasteiger partial charge in [-0.1, -0.05) is 62.6 Å². The molecule has 2 heterocycles. The van der Waals surface area contributed by atoms with E-state index >= 15 is 0 Å². The number of rotatable bonds is 7. The van der Waals surface area contributed by atoms with Crippen LogP contribution in [0.1, 0.15) is 67.6 Å². The molecule has 2 aromatic carbocycles. The maximum Gasteiger partial charge on any atom is 0.253 e. The van der Waals surface area contributed by atoms with Crippen molar-refractivity contribution in [2.75, 3.05) is 7.05 Å². The molecule has 7 heteroatoms. The van der Waals surface area contributed by atoms with Crippen molar-refractivity contribution >= 4 is 10.9 Å².